The summed E-state index contributed by atoms with van der Waals surface area (Å²) in [5.41, 5.74) is -2.38. The molecule has 6 heteroatoms. The minimum Gasteiger partial charge on any atom is -0.443 e. The maximum absolute atomic E-state index is 12.3. The molecule has 0 atom stereocenters. The van der Waals surface area contributed by atoms with Gasteiger partial charge in [0, 0.05) is 6.61 Å². The van der Waals surface area contributed by atoms with Crippen molar-refractivity contribution in [2.24, 2.45) is 0 Å². The van der Waals surface area contributed by atoms with Crippen molar-refractivity contribution in [2.45, 2.75) is 78.6 Å². The number of rotatable bonds is 3. The van der Waals surface area contributed by atoms with Gasteiger partial charge < -0.3 is 14.6 Å². The first-order valence-corrected chi connectivity index (χ1v) is 7.07. The van der Waals surface area contributed by atoms with Crippen molar-refractivity contribution in [3.63, 3.8) is 0 Å². The molecule has 0 aromatic rings. The Morgan fingerprint density at radius 1 is 0.857 bits per heavy atom. The molecule has 0 unspecified atom stereocenters. The van der Waals surface area contributed by atoms with Crippen molar-refractivity contribution in [2.75, 3.05) is 6.61 Å². The molecule has 0 aromatic carbocycles. The van der Waals surface area contributed by atoms with Gasteiger partial charge in [-0.05, 0) is 61.8 Å². The van der Waals surface area contributed by atoms with E-state index in [0.717, 1.165) is 4.90 Å². The molecular formula is C15H29NO5. The standard InChI is InChI=1S/C15H29NO5/c1-13(2,3)20-11(18)16(15(7,8)9-10-17)12(19)21-14(4,5)6/h17H,9-10H2,1-8H3. The van der Waals surface area contributed by atoms with Crippen LogP contribution in [0.25, 0.3) is 0 Å². The van der Waals surface area contributed by atoms with Gasteiger partial charge in [-0.2, -0.15) is 0 Å². The van der Waals surface area contributed by atoms with Crippen LogP contribution in [0.5, 0.6) is 0 Å². The number of ether oxygens (including phenoxy) is 2. The molecular weight excluding hydrogens is 274 g/mol. The lowest BCUT2D eigenvalue weighted by molar-refractivity contribution is -0.0218. The van der Waals surface area contributed by atoms with Crippen LogP contribution in [0.15, 0.2) is 0 Å². The number of nitrogens with zero attached hydrogens (tertiary/aromatic N) is 1. The van der Waals surface area contributed by atoms with Gasteiger partial charge in [0.15, 0.2) is 0 Å². The number of aliphatic hydroxyl groups excluding tert-OH is 1. The quantitative estimate of drug-likeness (QED) is 0.865. The molecule has 0 radical (unpaired) electrons. The predicted octanol–water partition coefficient (Wildman–Crippen LogP) is 3.32. The smallest absolute Gasteiger partial charge is 0.420 e. The lowest BCUT2D eigenvalue weighted by Crippen LogP contribution is -2.54. The second-order valence-corrected chi connectivity index (χ2v) is 7.58. The Morgan fingerprint density at radius 2 is 1.19 bits per heavy atom. The van der Waals surface area contributed by atoms with E-state index in [4.69, 9.17) is 14.6 Å². The van der Waals surface area contributed by atoms with Crippen LogP contribution in [0, 0.1) is 0 Å². The van der Waals surface area contributed by atoms with Gasteiger partial charge in [-0.15, -0.1) is 0 Å². The first-order valence-electron chi connectivity index (χ1n) is 7.07. The van der Waals surface area contributed by atoms with Crippen LogP contribution >= 0.6 is 0 Å². The van der Waals surface area contributed by atoms with Gasteiger partial charge in [-0.1, -0.05) is 0 Å². The Kier molecular flexibility index (Phi) is 6.23. The largest absolute Gasteiger partial charge is 0.443 e. The van der Waals surface area contributed by atoms with Gasteiger partial charge in [0.2, 0.25) is 0 Å². The molecule has 1 N–H and O–H groups in total. The minimum atomic E-state index is -0.917. The van der Waals surface area contributed by atoms with E-state index >= 15 is 0 Å². The van der Waals surface area contributed by atoms with E-state index in [1.165, 1.54) is 0 Å². The van der Waals surface area contributed by atoms with Crippen molar-refractivity contribution in [1.82, 2.24) is 4.90 Å². The number of amides is 2. The molecule has 0 saturated carbocycles. The molecule has 21 heavy (non-hydrogen) atoms. The van der Waals surface area contributed by atoms with E-state index in [0.29, 0.717) is 0 Å². The summed E-state index contributed by atoms with van der Waals surface area (Å²) >= 11 is 0. The Balaban J connectivity index is 5.38. The highest BCUT2D eigenvalue weighted by Crippen LogP contribution is 2.24. The van der Waals surface area contributed by atoms with Crippen molar-refractivity contribution in [3.05, 3.63) is 0 Å². The molecule has 0 aliphatic rings. The molecule has 0 aliphatic heterocycles. The van der Waals surface area contributed by atoms with Crippen LogP contribution in [0.2, 0.25) is 0 Å². The van der Waals surface area contributed by atoms with Crippen molar-refractivity contribution in [3.8, 4) is 0 Å². The molecule has 0 heterocycles. The molecule has 0 rings (SSSR count). The maximum atomic E-state index is 12.3. The third kappa shape index (κ3) is 7.32. The van der Waals surface area contributed by atoms with Gasteiger partial charge in [-0.25, -0.2) is 14.5 Å². The van der Waals surface area contributed by atoms with Gasteiger partial charge in [0.25, 0.3) is 0 Å². The number of carbonyl (C=O) groups excluding carboxylic acids is 2. The fourth-order valence-corrected chi connectivity index (χ4v) is 1.57. The van der Waals surface area contributed by atoms with Crippen LogP contribution in [-0.2, 0) is 9.47 Å². The zero-order chi connectivity index (χ0) is 17.1. The number of imide groups is 1. The van der Waals surface area contributed by atoms with Crippen molar-refractivity contribution in [1.29, 1.82) is 0 Å². The highest BCUT2D eigenvalue weighted by molar-refractivity contribution is 5.89. The van der Waals surface area contributed by atoms with E-state index in [2.05, 4.69) is 0 Å². The molecule has 0 aliphatic carbocycles. The Labute approximate surface area is 127 Å². The summed E-state index contributed by atoms with van der Waals surface area (Å²) in [5, 5.41) is 9.15. The SMILES string of the molecule is CC(C)(C)OC(=O)N(C(=O)OC(C)(C)C)C(C)(C)CCO. The fourth-order valence-electron chi connectivity index (χ4n) is 1.57. The van der Waals surface area contributed by atoms with Gasteiger partial charge in [0.05, 0.1) is 5.54 Å². The number of carbonyl (C=O) groups is 2. The third-order valence-electron chi connectivity index (χ3n) is 2.48. The van der Waals surface area contributed by atoms with E-state index in [1.54, 1.807) is 55.4 Å². The summed E-state index contributed by atoms with van der Waals surface area (Å²) in [6, 6.07) is 0. The van der Waals surface area contributed by atoms with Gasteiger partial charge in [0.1, 0.15) is 11.2 Å². The van der Waals surface area contributed by atoms with Crippen LogP contribution in [0.4, 0.5) is 9.59 Å². The first kappa shape index (κ1) is 19.7. The molecule has 124 valence electrons. The zero-order valence-corrected chi connectivity index (χ0v) is 14.4. The molecule has 6 nitrogen and oxygen atoms in total. The fraction of sp³-hybridized carbons (Fsp3) is 0.867. The maximum Gasteiger partial charge on any atom is 0.420 e. The van der Waals surface area contributed by atoms with Crippen LogP contribution in [-0.4, -0.2) is 45.5 Å². The highest BCUT2D eigenvalue weighted by atomic mass is 16.6. The van der Waals surface area contributed by atoms with Crippen LogP contribution in [0.1, 0.15) is 61.8 Å². The average molecular weight is 303 g/mol. The zero-order valence-electron chi connectivity index (χ0n) is 14.4. The van der Waals surface area contributed by atoms with E-state index in [-0.39, 0.29) is 13.0 Å². The van der Waals surface area contributed by atoms with E-state index in [1.807, 2.05) is 0 Å². The number of hydrogen-bond donors (Lipinski definition) is 1. The molecule has 0 aromatic heterocycles. The first-order chi connectivity index (χ1) is 9.19. The second-order valence-electron chi connectivity index (χ2n) is 7.58. The summed E-state index contributed by atoms with van der Waals surface area (Å²) in [4.78, 5) is 25.6. The molecule has 2 amide bonds. The summed E-state index contributed by atoms with van der Waals surface area (Å²) in [7, 11) is 0. The van der Waals surface area contributed by atoms with Gasteiger partial charge in [-0.3, -0.25) is 0 Å². The lowest BCUT2D eigenvalue weighted by Gasteiger charge is -2.38. The predicted molar refractivity (Wildman–Crippen MR) is 80.1 cm³/mol. The van der Waals surface area contributed by atoms with Crippen LogP contribution in [0.3, 0.4) is 0 Å². The highest BCUT2D eigenvalue weighted by Gasteiger charge is 2.41. The topological polar surface area (TPSA) is 76.1 Å². The average Bonchev–Trinajstić information content (AvgIpc) is 2.09. The lowest BCUT2D eigenvalue weighted by atomic mass is 9.99. The Morgan fingerprint density at radius 3 is 1.43 bits per heavy atom. The van der Waals surface area contributed by atoms with Crippen molar-refractivity contribution < 1.29 is 24.2 Å². The summed E-state index contributed by atoms with van der Waals surface area (Å²) < 4.78 is 10.5. The van der Waals surface area contributed by atoms with E-state index in [9.17, 15) is 9.59 Å². The van der Waals surface area contributed by atoms with Gasteiger partial charge >= 0.3 is 12.2 Å². The van der Waals surface area contributed by atoms with E-state index < -0.39 is 28.9 Å². The summed E-state index contributed by atoms with van der Waals surface area (Å²) in [6.07, 6.45) is -1.34. The molecule has 0 spiro atoms. The Hall–Kier alpha value is -1.30. The number of aliphatic hydroxyl groups is 1. The van der Waals surface area contributed by atoms with Crippen molar-refractivity contribution >= 4 is 12.2 Å². The summed E-state index contributed by atoms with van der Waals surface area (Å²) in [5.74, 6) is 0. The number of hydrogen-bond acceptors (Lipinski definition) is 5. The second kappa shape index (κ2) is 6.64. The molecule has 0 fully saturated rings. The normalized spacial score (nSPS) is 12.8. The Bertz CT molecular complexity index is 349. The monoisotopic (exact) mass is 303 g/mol. The third-order valence-corrected chi connectivity index (χ3v) is 2.48. The molecule has 0 bridgehead atoms. The summed E-state index contributed by atoms with van der Waals surface area (Å²) in [6.45, 7) is 13.5. The molecule has 0 saturated heterocycles. The minimum absolute atomic E-state index is 0.158. The van der Waals surface area contributed by atoms with Crippen LogP contribution < -0.4 is 0 Å².